The van der Waals surface area contributed by atoms with Gasteiger partial charge in [-0.3, -0.25) is 4.68 Å². The minimum absolute atomic E-state index is 0.0275. The number of ether oxygens (including phenoxy) is 3. The predicted molar refractivity (Wildman–Crippen MR) is 103 cm³/mol. The van der Waals surface area contributed by atoms with E-state index in [0.29, 0.717) is 28.9 Å². The van der Waals surface area contributed by atoms with Crippen LogP contribution in [0.2, 0.25) is 0 Å². The summed E-state index contributed by atoms with van der Waals surface area (Å²) in [6.07, 6.45) is 4.51. The van der Waals surface area contributed by atoms with E-state index in [4.69, 9.17) is 14.2 Å². The smallest absolute Gasteiger partial charge is 0.341 e. The van der Waals surface area contributed by atoms with Crippen LogP contribution < -0.4 is 0 Å². The third-order valence-corrected chi connectivity index (χ3v) is 5.85. The second-order valence-corrected chi connectivity index (χ2v) is 7.95. The van der Waals surface area contributed by atoms with E-state index in [9.17, 15) is 9.18 Å². The van der Waals surface area contributed by atoms with Gasteiger partial charge < -0.3 is 14.2 Å². The van der Waals surface area contributed by atoms with Crippen molar-refractivity contribution in [3.05, 3.63) is 40.2 Å². The van der Waals surface area contributed by atoms with Gasteiger partial charge in [-0.15, -0.1) is 0 Å². The number of hydrogen-bond acceptors (Lipinski definition) is 5. The van der Waals surface area contributed by atoms with Crippen LogP contribution in [0.25, 0.3) is 11.3 Å². The highest BCUT2D eigenvalue weighted by Crippen LogP contribution is 2.42. The number of rotatable bonds is 4. The van der Waals surface area contributed by atoms with E-state index in [1.54, 1.807) is 23.7 Å². The molecule has 2 aliphatic rings. The molecule has 0 atom stereocenters. The number of benzene rings is 1. The summed E-state index contributed by atoms with van der Waals surface area (Å²) >= 11 is 3.28. The highest BCUT2D eigenvalue weighted by atomic mass is 79.9. The molecule has 6 nitrogen and oxygen atoms in total. The molecular weight excluding hydrogens is 431 g/mol. The van der Waals surface area contributed by atoms with Crippen molar-refractivity contribution in [3.63, 3.8) is 0 Å². The molecule has 1 aliphatic heterocycles. The lowest BCUT2D eigenvalue weighted by molar-refractivity contribution is -0.181. The van der Waals surface area contributed by atoms with E-state index in [2.05, 4.69) is 21.0 Å². The molecule has 0 radical (unpaired) electrons. The van der Waals surface area contributed by atoms with Crippen LogP contribution in [0.3, 0.4) is 0 Å². The first-order chi connectivity index (χ1) is 13.5. The summed E-state index contributed by atoms with van der Waals surface area (Å²) in [6.45, 7) is 3.22. The van der Waals surface area contributed by atoms with Crippen molar-refractivity contribution in [1.82, 2.24) is 9.78 Å². The Bertz CT molecular complexity index is 869. The van der Waals surface area contributed by atoms with Crippen LogP contribution >= 0.6 is 15.9 Å². The molecule has 0 N–H and O–H groups in total. The van der Waals surface area contributed by atoms with Crippen molar-refractivity contribution in [2.75, 3.05) is 19.8 Å². The number of carbonyl (C=O) groups excluding carboxylic acids is 1. The van der Waals surface area contributed by atoms with Crippen LogP contribution in [0.5, 0.6) is 0 Å². The van der Waals surface area contributed by atoms with Gasteiger partial charge in [0.2, 0.25) is 0 Å². The lowest BCUT2D eigenvalue weighted by atomic mass is 9.89. The zero-order chi connectivity index (χ0) is 19.7. The fourth-order valence-corrected chi connectivity index (χ4v) is 4.35. The summed E-state index contributed by atoms with van der Waals surface area (Å²) in [4.78, 5) is 12.5. The fourth-order valence-electron chi connectivity index (χ4n) is 4.02. The fraction of sp³-hybridized carbons (Fsp3) is 0.500. The quantitative estimate of drug-likeness (QED) is 0.639. The molecule has 0 bridgehead atoms. The number of carbonyl (C=O) groups is 1. The summed E-state index contributed by atoms with van der Waals surface area (Å²) in [5.74, 6) is -1.41. The van der Waals surface area contributed by atoms with Gasteiger partial charge in [-0.05, 0) is 38.0 Å². The topological polar surface area (TPSA) is 62.6 Å². The van der Waals surface area contributed by atoms with E-state index in [-0.39, 0.29) is 18.2 Å². The minimum atomic E-state index is -0.499. The Kier molecular flexibility index (Phi) is 5.53. The van der Waals surface area contributed by atoms with Crippen LogP contribution in [0, 0.1) is 5.82 Å². The summed E-state index contributed by atoms with van der Waals surface area (Å²) in [5, 5.41) is 4.45. The average molecular weight is 453 g/mol. The minimum Gasteiger partial charge on any atom is -0.462 e. The van der Waals surface area contributed by atoms with Gasteiger partial charge >= 0.3 is 5.97 Å². The summed E-state index contributed by atoms with van der Waals surface area (Å²) < 4.78 is 33.9. The highest BCUT2D eigenvalue weighted by molar-refractivity contribution is 9.10. The Morgan fingerprint density at radius 2 is 2.07 bits per heavy atom. The van der Waals surface area contributed by atoms with Gasteiger partial charge in [-0.2, -0.15) is 5.10 Å². The Hall–Kier alpha value is -1.77. The van der Waals surface area contributed by atoms with Crippen LogP contribution in [0.15, 0.2) is 28.9 Å². The second-order valence-electron chi connectivity index (χ2n) is 7.03. The van der Waals surface area contributed by atoms with E-state index in [0.717, 1.165) is 25.7 Å². The molecule has 2 aromatic rings. The van der Waals surface area contributed by atoms with Crippen molar-refractivity contribution < 1.29 is 23.4 Å². The SMILES string of the molecule is CCOC(=O)c1cnn(C2CCC3(CC2)OCCO3)c1-c1ccc(Br)cc1F. The molecule has 0 amide bonds. The van der Waals surface area contributed by atoms with Gasteiger partial charge in [0.05, 0.1) is 37.8 Å². The second kappa shape index (κ2) is 7.93. The van der Waals surface area contributed by atoms with Crippen LogP contribution in [0.4, 0.5) is 4.39 Å². The van der Waals surface area contributed by atoms with E-state index in [1.807, 2.05) is 0 Å². The summed E-state index contributed by atoms with van der Waals surface area (Å²) in [5.41, 5.74) is 1.06. The third kappa shape index (κ3) is 3.60. The standard InChI is InChI=1S/C20H22BrFN2O4/c1-2-26-19(25)16-12-23-24(18(16)15-4-3-13(21)11-17(15)22)14-5-7-20(8-6-14)27-9-10-28-20/h3-4,11-12,14H,2,5-10H2,1H3. The zero-order valence-electron chi connectivity index (χ0n) is 15.6. The zero-order valence-corrected chi connectivity index (χ0v) is 17.2. The molecule has 1 aliphatic carbocycles. The number of nitrogens with zero attached hydrogens (tertiary/aromatic N) is 2. The van der Waals surface area contributed by atoms with Gasteiger partial charge in [0.15, 0.2) is 5.79 Å². The molecule has 0 unspecified atom stereocenters. The van der Waals surface area contributed by atoms with Gasteiger partial charge in [0, 0.05) is 22.9 Å². The Labute approximate surface area is 171 Å². The molecule has 28 heavy (non-hydrogen) atoms. The molecule has 1 spiro atoms. The van der Waals surface area contributed by atoms with E-state index >= 15 is 0 Å². The molecule has 2 fully saturated rings. The molecule has 150 valence electrons. The molecule has 8 heteroatoms. The van der Waals surface area contributed by atoms with Gasteiger partial charge in [0.25, 0.3) is 0 Å². The van der Waals surface area contributed by atoms with Crippen molar-refractivity contribution >= 4 is 21.9 Å². The van der Waals surface area contributed by atoms with Crippen molar-refractivity contribution in [2.24, 2.45) is 0 Å². The van der Waals surface area contributed by atoms with E-state index < -0.39 is 17.6 Å². The molecule has 2 heterocycles. The Morgan fingerprint density at radius 3 is 2.71 bits per heavy atom. The summed E-state index contributed by atoms with van der Waals surface area (Å²) in [7, 11) is 0. The van der Waals surface area contributed by atoms with E-state index in [1.165, 1.54) is 12.3 Å². The van der Waals surface area contributed by atoms with Gasteiger partial charge in [0.1, 0.15) is 11.4 Å². The van der Waals surface area contributed by atoms with Gasteiger partial charge in [-0.1, -0.05) is 15.9 Å². The first-order valence-electron chi connectivity index (χ1n) is 9.51. The predicted octanol–water partition coefficient (Wildman–Crippen LogP) is 4.49. The Morgan fingerprint density at radius 1 is 1.36 bits per heavy atom. The maximum Gasteiger partial charge on any atom is 0.341 e. The molecular formula is C20H22BrFN2O4. The maximum absolute atomic E-state index is 14.8. The number of esters is 1. The number of halogens is 2. The summed E-state index contributed by atoms with van der Waals surface area (Å²) in [6, 6.07) is 4.82. The van der Waals surface area contributed by atoms with Crippen LogP contribution in [-0.2, 0) is 14.2 Å². The Balaban J connectivity index is 1.70. The highest BCUT2D eigenvalue weighted by Gasteiger charge is 2.41. The largest absolute Gasteiger partial charge is 0.462 e. The normalized spacial score (nSPS) is 19.2. The lowest BCUT2D eigenvalue weighted by Crippen LogP contribution is -2.36. The molecule has 1 aromatic heterocycles. The lowest BCUT2D eigenvalue weighted by Gasteiger charge is -2.36. The maximum atomic E-state index is 14.8. The van der Waals surface area contributed by atoms with Gasteiger partial charge in [-0.25, -0.2) is 9.18 Å². The van der Waals surface area contributed by atoms with Crippen molar-refractivity contribution in [2.45, 2.75) is 44.4 Å². The monoisotopic (exact) mass is 452 g/mol. The van der Waals surface area contributed by atoms with Crippen LogP contribution in [-0.4, -0.2) is 41.4 Å². The van der Waals surface area contributed by atoms with Crippen molar-refractivity contribution in [1.29, 1.82) is 0 Å². The van der Waals surface area contributed by atoms with Crippen molar-refractivity contribution in [3.8, 4) is 11.3 Å². The molecule has 4 rings (SSSR count). The molecule has 1 saturated carbocycles. The molecule has 1 aromatic carbocycles. The average Bonchev–Trinajstić information content (AvgIpc) is 3.31. The molecule has 1 saturated heterocycles. The first-order valence-corrected chi connectivity index (χ1v) is 10.3. The van der Waals surface area contributed by atoms with Crippen LogP contribution in [0.1, 0.15) is 49.0 Å². The first kappa shape index (κ1) is 19.5. The number of aromatic nitrogens is 2. The third-order valence-electron chi connectivity index (χ3n) is 5.35. The number of hydrogen-bond donors (Lipinski definition) is 0.